The highest BCUT2D eigenvalue weighted by atomic mass is 16.5. The second kappa shape index (κ2) is 4.43. The summed E-state index contributed by atoms with van der Waals surface area (Å²) in [6.45, 7) is 0. The Morgan fingerprint density at radius 1 is 1.38 bits per heavy atom. The average Bonchev–Trinajstić information content (AvgIpc) is 3.12. The van der Waals surface area contributed by atoms with E-state index in [0.717, 1.165) is 24.3 Å². The second-order valence-corrected chi connectivity index (χ2v) is 3.86. The van der Waals surface area contributed by atoms with Crippen LogP contribution in [0.5, 0.6) is 5.75 Å². The van der Waals surface area contributed by atoms with Gasteiger partial charge in [0.15, 0.2) is 0 Å². The molecule has 1 aromatic carbocycles. The number of benzene rings is 1. The van der Waals surface area contributed by atoms with Gasteiger partial charge in [0.25, 0.3) is 5.91 Å². The Morgan fingerprint density at radius 2 is 2.12 bits per heavy atom. The van der Waals surface area contributed by atoms with Gasteiger partial charge in [0.1, 0.15) is 5.75 Å². The molecule has 0 saturated heterocycles. The van der Waals surface area contributed by atoms with Crippen LogP contribution >= 0.6 is 0 Å². The fourth-order valence-corrected chi connectivity index (χ4v) is 1.48. The standard InChI is InChI=1S/C12H16N2O2/c1-13-10-6-3-8(12(15)14-2)7-11(10)16-9-4-5-9/h3,6-7,9,13H,4-5H2,1-2H3,(H,14,15). The Kier molecular flexibility index (Phi) is 2.99. The van der Waals surface area contributed by atoms with Gasteiger partial charge >= 0.3 is 0 Å². The molecule has 2 rings (SSSR count). The summed E-state index contributed by atoms with van der Waals surface area (Å²) in [5, 5.41) is 5.66. The molecule has 1 aromatic rings. The van der Waals surface area contributed by atoms with Crippen molar-refractivity contribution in [2.24, 2.45) is 0 Å². The molecule has 0 radical (unpaired) electrons. The zero-order valence-electron chi connectivity index (χ0n) is 9.54. The van der Waals surface area contributed by atoms with Gasteiger partial charge in [-0.15, -0.1) is 0 Å². The Hall–Kier alpha value is -1.71. The minimum Gasteiger partial charge on any atom is -0.488 e. The topological polar surface area (TPSA) is 50.4 Å². The van der Waals surface area contributed by atoms with E-state index in [2.05, 4.69) is 10.6 Å². The van der Waals surface area contributed by atoms with Gasteiger partial charge in [-0.2, -0.15) is 0 Å². The fraction of sp³-hybridized carbons (Fsp3) is 0.417. The zero-order chi connectivity index (χ0) is 11.5. The molecule has 0 aromatic heterocycles. The predicted molar refractivity (Wildman–Crippen MR) is 63.0 cm³/mol. The molecular weight excluding hydrogens is 204 g/mol. The van der Waals surface area contributed by atoms with Crippen molar-refractivity contribution in [1.82, 2.24) is 5.32 Å². The van der Waals surface area contributed by atoms with Crippen molar-refractivity contribution < 1.29 is 9.53 Å². The van der Waals surface area contributed by atoms with Gasteiger partial charge < -0.3 is 15.4 Å². The molecule has 4 heteroatoms. The second-order valence-electron chi connectivity index (χ2n) is 3.86. The maximum atomic E-state index is 11.5. The summed E-state index contributed by atoms with van der Waals surface area (Å²) < 4.78 is 5.74. The molecule has 0 heterocycles. The Morgan fingerprint density at radius 3 is 2.69 bits per heavy atom. The summed E-state index contributed by atoms with van der Waals surface area (Å²) in [7, 11) is 3.46. The van der Waals surface area contributed by atoms with E-state index in [1.54, 1.807) is 19.2 Å². The number of carbonyl (C=O) groups excluding carboxylic acids is 1. The van der Waals surface area contributed by atoms with Gasteiger partial charge in [-0.1, -0.05) is 0 Å². The lowest BCUT2D eigenvalue weighted by molar-refractivity contribution is 0.0962. The molecular formula is C12H16N2O2. The largest absolute Gasteiger partial charge is 0.488 e. The van der Waals surface area contributed by atoms with Crippen LogP contribution in [0.4, 0.5) is 5.69 Å². The van der Waals surface area contributed by atoms with Crippen LogP contribution in [0.15, 0.2) is 18.2 Å². The van der Waals surface area contributed by atoms with Gasteiger partial charge in [-0.25, -0.2) is 0 Å². The van der Waals surface area contributed by atoms with Crippen LogP contribution in [-0.4, -0.2) is 26.1 Å². The van der Waals surface area contributed by atoms with Crippen molar-refractivity contribution in [1.29, 1.82) is 0 Å². The summed E-state index contributed by atoms with van der Waals surface area (Å²) >= 11 is 0. The highest BCUT2D eigenvalue weighted by molar-refractivity contribution is 5.95. The minimum absolute atomic E-state index is 0.0942. The van der Waals surface area contributed by atoms with E-state index in [1.165, 1.54) is 0 Å². The number of carbonyl (C=O) groups is 1. The third kappa shape index (κ3) is 2.27. The lowest BCUT2D eigenvalue weighted by atomic mass is 10.1. The van der Waals surface area contributed by atoms with Crippen molar-refractivity contribution in [3.63, 3.8) is 0 Å². The van der Waals surface area contributed by atoms with Gasteiger partial charge in [-0.3, -0.25) is 4.79 Å². The quantitative estimate of drug-likeness (QED) is 0.810. The van der Waals surface area contributed by atoms with E-state index in [4.69, 9.17) is 4.74 Å². The maximum Gasteiger partial charge on any atom is 0.251 e. The molecule has 2 N–H and O–H groups in total. The summed E-state index contributed by atoms with van der Waals surface area (Å²) in [5.41, 5.74) is 1.54. The molecule has 0 atom stereocenters. The summed E-state index contributed by atoms with van der Waals surface area (Å²) in [6.07, 6.45) is 2.54. The van der Waals surface area contributed by atoms with E-state index in [-0.39, 0.29) is 5.91 Å². The first-order chi connectivity index (χ1) is 7.74. The summed E-state index contributed by atoms with van der Waals surface area (Å²) in [4.78, 5) is 11.5. The van der Waals surface area contributed by atoms with Crippen molar-refractivity contribution in [2.45, 2.75) is 18.9 Å². The normalized spacial score (nSPS) is 14.4. The highest BCUT2D eigenvalue weighted by Crippen LogP contribution is 2.32. The smallest absolute Gasteiger partial charge is 0.251 e. The summed E-state index contributed by atoms with van der Waals surface area (Å²) in [6, 6.07) is 5.43. The molecule has 4 nitrogen and oxygen atoms in total. The molecule has 1 aliphatic rings. The lowest BCUT2D eigenvalue weighted by Crippen LogP contribution is -2.18. The molecule has 1 aliphatic carbocycles. The molecule has 0 spiro atoms. The fourth-order valence-electron chi connectivity index (χ4n) is 1.48. The first kappa shape index (κ1) is 10.8. The lowest BCUT2D eigenvalue weighted by Gasteiger charge is -2.11. The van der Waals surface area contributed by atoms with Crippen LogP contribution in [0, 0.1) is 0 Å². The van der Waals surface area contributed by atoms with E-state index in [0.29, 0.717) is 11.7 Å². The van der Waals surface area contributed by atoms with Crippen molar-refractivity contribution >= 4 is 11.6 Å². The molecule has 1 fully saturated rings. The van der Waals surface area contributed by atoms with Crippen LogP contribution in [0.25, 0.3) is 0 Å². The van der Waals surface area contributed by atoms with Crippen molar-refractivity contribution in [3.05, 3.63) is 23.8 Å². The van der Waals surface area contributed by atoms with Crippen LogP contribution in [0.2, 0.25) is 0 Å². The monoisotopic (exact) mass is 220 g/mol. The molecule has 16 heavy (non-hydrogen) atoms. The Labute approximate surface area is 95.0 Å². The SMILES string of the molecule is CNC(=O)c1ccc(NC)c(OC2CC2)c1. The van der Waals surface area contributed by atoms with Gasteiger partial charge in [-0.05, 0) is 31.0 Å². The average molecular weight is 220 g/mol. The molecule has 86 valence electrons. The number of nitrogens with one attached hydrogen (secondary N) is 2. The van der Waals surface area contributed by atoms with Gasteiger partial charge in [0.2, 0.25) is 0 Å². The van der Waals surface area contributed by atoms with Crippen LogP contribution in [0.3, 0.4) is 0 Å². The molecule has 0 bridgehead atoms. The Bertz CT molecular complexity index is 400. The molecule has 1 amide bonds. The highest BCUT2D eigenvalue weighted by Gasteiger charge is 2.24. The van der Waals surface area contributed by atoms with Crippen LogP contribution in [-0.2, 0) is 0 Å². The van der Waals surface area contributed by atoms with E-state index >= 15 is 0 Å². The number of ether oxygens (including phenoxy) is 1. The maximum absolute atomic E-state index is 11.5. The Balaban J connectivity index is 2.25. The van der Waals surface area contributed by atoms with E-state index in [9.17, 15) is 4.79 Å². The van der Waals surface area contributed by atoms with Gasteiger partial charge in [0.05, 0.1) is 11.8 Å². The minimum atomic E-state index is -0.0942. The molecule has 0 unspecified atom stereocenters. The van der Waals surface area contributed by atoms with Crippen LogP contribution in [0.1, 0.15) is 23.2 Å². The number of amides is 1. The number of hydrogen-bond donors (Lipinski definition) is 2. The van der Waals surface area contributed by atoms with Gasteiger partial charge in [0, 0.05) is 19.7 Å². The summed E-state index contributed by atoms with van der Waals surface area (Å²) in [5.74, 6) is 0.661. The van der Waals surface area contributed by atoms with Crippen molar-refractivity contribution in [2.75, 3.05) is 19.4 Å². The zero-order valence-corrected chi connectivity index (χ0v) is 9.54. The third-order valence-corrected chi connectivity index (χ3v) is 2.56. The first-order valence-electron chi connectivity index (χ1n) is 5.45. The number of anilines is 1. The predicted octanol–water partition coefficient (Wildman–Crippen LogP) is 1.63. The number of rotatable bonds is 4. The van der Waals surface area contributed by atoms with Crippen molar-refractivity contribution in [3.8, 4) is 5.75 Å². The van der Waals surface area contributed by atoms with Crippen LogP contribution < -0.4 is 15.4 Å². The van der Waals surface area contributed by atoms with E-state index in [1.807, 2.05) is 13.1 Å². The third-order valence-electron chi connectivity index (χ3n) is 2.56. The first-order valence-corrected chi connectivity index (χ1v) is 5.45. The molecule has 0 aliphatic heterocycles. The van der Waals surface area contributed by atoms with E-state index < -0.39 is 0 Å². The number of hydrogen-bond acceptors (Lipinski definition) is 3. The molecule has 1 saturated carbocycles.